The van der Waals surface area contributed by atoms with Crippen LogP contribution in [0.25, 0.3) is 55.4 Å². The quantitative estimate of drug-likeness (QED) is 0.402. The molecule has 8 heteroatoms. The van der Waals surface area contributed by atoms with E-state index in [0.717, 1.165) is 49.5 Å². The summed E-state index contributed by atoms with van der Waals surface area (Å²) in [6.45, 7) is 4.15. The molecule has 0 radical (unpaired) electrons. The van der Waals surface area contributed by atoms with Gasteiger partial charge >= 0.3 is 0 Å². The van der Waals surface area contributed by atoms with Crippen LogP contribution in [-0.4, -0.2) is 35.1 Å². The van der Waals surface area contributed by atoms with Crippen molar-refractivity contribution in [3.63, 3.8) is 0 Å². The molecular weight excluding hydrogens is 406 g/mol. The van der Waals surface area contributed by atoms with Crippen LogP contribution in [0.1, 0.15) is 10.4 Å². The van der Waals surface area contributed by atoms with Crippen LogP contribution in [0.5, 0.6) is 0 Å². The first-order valence-electron chi connectivity index (χ1n) is 9.85. The van der Waals surface area contributed by atoms with Gasteiger partial charge in [-0.15, -0.1) is 11.3 Å². The lowest BCUT2D eigenvalue weighted by atomic mass is 10.1. The fourth-order valence-corrected chi connectivity index (χ4v) is 4.60. The Balaban J connectivity index is 1.52. The largest absolute Gasteiger partial charge is 0.336 e. The third-order valence-electron chi connectivity index (χ3n) is 5.32. The Morgan fingerprint density at radius 3 is 2.58 bits per heavy atom. The molecule has 6 aromatic heterocycles. The van der Waals surface area contributed by atoms with Gasteiger partial charge in [0.1, 0.15) is 16.7 Å². The van der Waals surface area contributed by atoms with Gasteiger partial charge in [-0.25, -0.2) is 9.97 Å². The zero-order valence-electron chi connectivity index (χ0n) is 16.8. The second-order valence-corrected chi connectivity index (χ2v) is 8.69. The molecule has 7 nitrogen and oxygen atoms in total. The normalized spacial score (nSPS) is 11.5. The van der Waals surface area contributed by atoms with Gasteiger partial charge in [0.15, 0.2) is 11.5 Å². The number of pyridine rings is 3. The first-order valence-corrected chi connectivity index (χ1v) is 10.7. The minimum absolute atomic E-state index is 0.663. The SMILES string of the molecule is Cc1ccc(-c2nccc3[nH]c(-c4n[nH]c5ccc(-c6cnccc6C)nc45)nc23)s1. The van der Waals surface area contributed by atoms with Crippen molar-refractivity contribution in [1.29, 1.82) is 0 Å². The minimum Gasteiger partial charge on any atom is -0.336 e. The molecule has 0 spiro atoms. The van der Waals surface area contributed by atoms with Crippen LogP contribution in [0, 0.1) is 13.8 Å². The van der Waals surface area contributed by atoms with Gasteiger partial charge in [-0.3, -0.25) is 15.1 Å². The van der Waals surface area contributed by atoms with E-state index in [1.54, 1.807) is 23.7 Å². The summed E-state index contributed by atoms with van der Waals surface area (Å²) in [5.41, 5.74) is 7.90. The molecule has 31 heavy (non-hydrogen) atoms. The van der Waals surface area contributed by atoms with Crippen molar-refractivity contribution in [1.82, 2.24) is 35.1 Å². The molecule has 6 aromatic rings. The predicted molar refractivity (Wildman–Crippen MR) is 123 cm³/mol. The molecule has 0 bridgehead atoms. The van der Waals surface area contributed by atoms with Crippen molar-refractivity contribution < 1.29 is 0 Å². The van der Waals surface area contributed by atoms with E-state index in [1.165, 1.54) is 4.88 Å². The molecule has 0 aliphatic carbocycles. The first kappa shape index (κ1) is 17.9. The van der Waals surface area contributed by atoms with E-state index in [4.69, 9.17) is 9.97 Å². The molecule has 0 aromatic carbocycles. The van der Waals surface area contributed by atoms with Gasteiger partial charge < -0.3 is 4.98 Å². The molecule has 0 aliphatic heterocycles. The van der Waals surface area contributed by atoms with Gasteiger partial charge in [0.05, 0.1) is 21.6 Å². The van der Waals surface area contributed by atoms with Crippen molar-refractivity contribution in [2.75, 3.05) is 0 Å². The molecule has 150 valence electrons. The molecule has 0 fully saturated rings. The summed E-state index contributed by atoms with van der Waals surface area (Å²) >= 11 is 1.71. The lowest BCUT2D eigenvalue weighted by Crippen LogP contribution is -1.90. The lowest BCUT2D eigenvalue weighted by molar-refractivity contribution is 1.10. The number of nitrogens with zero attached hydrogens (tertiary/aromatic N) is 5. The summed E-state index contributed by atoms with van der Waals surface area (Å²) in [7, 11) is 0. The van der Waals surface area contributed by atoms with E-state index in [0.29, 0.717) is 11.5 Å². The molecule has 0 aliphatic rings. The Morgan fingerprint density at radius 1 is 0.839 bits per heavy atom. The van der Waals surface area contributed by atoms with Crippen LogP contribution in [-0.2, 0) is 0 Å². The number of hydrogen-bond acceptors (Lipinski definition) is 6. The van der Waals surface area contributed by atoms with Crippen molar-refractivity contribution >= 4 is 33.4 Å². The van der Waals surface area contributed by atoms with Crippen LogP contribution in [0.4, 0.5) is 0 Å². The van der Waals surface area contributed by atoms with Gasteiger partial charge in [0.2, 0.25) is 0 Å². The Kier molecular flexibility index (Phi) is 3.94. The summed E-state index contributed by atoms with van der Waals surface area (Å²) in [4.78, 5) is 24.3. The second kappa shape index (κ2) is 6.82. The topological polar surface area (TPSA) is 96.0 Å². The van der Waals surface area contributed by atoms with Crippen molar-refractivity contribution in [3.8, 4) is 33.3 Å². The van der Waals surface area contributed by atoms with Crippen LogP contribution in [0.2, 0.25) is 0 Å². The van der Waals surface area contributed by atoms with Gasteiger partial charge in [0, 0.05) is 29.0 Å². The highest BCUT2D eigenvalue weighted by Gasteiger charge is 2.18. The van der Waals surface area contributed by atoms with Crippen molar-refractivity contribution in [3.05, 3.63) is 65.4 Å². The van der Waals surface area contributed by atoms with Gasteiger partial charge in [-0.1, -0.05) is 0 Å². The number of rotatable bonds is 3. The Labute approximate surface area is 181 Å². The Bertz CT molecular complexity index is 1570. The lowest BCUT2D eigenvalue weighted by Gasteiger charge is -2.04. The smallest absolute Gasteiger partial charge is 0.161 e. The number of aromatic nitrogens is 7. The molecule has 0 atom stereocenters. The second-order valence-electron chi connectivity index (χ2n) is 7.41. The van der Waals surface area contributed by atoms with E-state index in [2.05, 4.69) is 51.1 Å². The molecule has 0 unspecified atom stereocenters. The van der Waals surface area contributed by atoms with Gasteiger partial charge in [-0.05, 0) is 55.8 Å². The Hall–Kier alpha value is -3.91. The van der Waals surface area contributed by atoms with Crippen molar-refractivity contribution in [2.45, 2.75) is 13.8 Å². The predicted octanol–water partition coefficient (Wildman–Crippen LogP) is 5.30. The third-order valence-corrected chi connectivity index (χ3v) is 6.33. The maximum Gasteiger partial charge on any atom is 0.161 e. The molecule has 0 saturated heterocycles. The molecule has 0 amide bonds. The first-order chi connectivity index (χ1) is 15.2. The highest BCUT2D eigenvalue weighted by atomic mass is 32.1. The molecule has 0 saturated carbocycles. The van der Waals surface area contributed by atoms with Crippen LogP contribution < -0.4 is 0 Å². The summed E-state index contributed by atoms with van der Waals surface area (Å²) in [6, 6.07) is 12.1. The summed E-state index contributed by atoms with van der Waals surface area (Å²) in [5, 5.41) is 7.58. The molecule has 2 N–H and O–H groups in total. The average molecular weight is 424 g/mol. The minimum atomic E-state index is 0.663. The number of nitrogens with one attached hydrogen (secondary N) is 2. The van der Waals surface area contributed by atoms with Crippen molar-refractivity contribution in [2.24, 2.45) is 0 Å². The summed E-state index contributed by atoms with van der Waals surface area (Å²) in [6.07, 6.45) is 5.43. The summed E-state index contributed by atoms with van der Waals surface area (Å²) in [5.74, 6) is 0.663. The number of fused-ring (bicyclic) bond motifs is 2. The van der Waals surface area contributed by atoms with E-state index in [9.17, 15) is 0 Å². The van der Waals surface area contributed by atoms with E-state index >= 15 is 0 Å². The summed E-state index contributed by atoms with van der Waals surface area (Å²) < 4.78 is 0. The Morgan fingerprint density at radius 2 is 1.74 bits per heavy atom. The number of hydrogen-bond donors (Lipinski definition) is 2. The van der Waals surface area contributed by atoms with Gasteiger partial charge in [0.25, 0.3) is 0 Å². The van der Waals surface area contributed by atoms with Crippen LogP contribution in [0.3, 0.4) is 0 Å². The zero-order chi connectivity index (χ0) is 20.9. The highest BCUT2D eigenvalue weighted by Crippen LogP contribution is 2.33. The molecule has 6 rings (SSSR count). The van der Waals surface area contributed by atoms with Crippen LogP contribution in [0.15, 0.2) is 55.0 Å². The third kappa shape index (κ3) is 2.91. The standard InChI is InChI=1S/C23H17N7S/c1-12-7-9-24-11-14(12)15-4-5-17-20(26-15)22(30-29-17)23-27-16-8-10-25-21(19(16)28-23)18-6-3-13(2)31-18/h3-11H,1-2H3,(H,27,28)(H,29,30). The molecular formula is C23H17N7S. The maximum absolute atomic E-state index is 4.89. The van der Waals surface area contributed by atoms with E-state index in [1.807, 2.05) is 30.5 Å². The number of imidazole rings is 1. The number of thiophene rings is 1. The maximum atomic E-state index is 4.89. The van der Waals surface area contributed by atoms with E-state index in [-0.39, 0.29) is 0 Å². The molecule has 6 heterocycles. The average Bonchev–Trinajstić information content (AvgIpc) is 3.50. The zero-order valence-corrected chi connectivity index (χ0v) is 17.7. The van der Waals surface area contributed by atoms with Gasteiger partial charge in [-0.2, -0.15) is 5.10 Å². The fourth-order valence-electron chi connectivity index (χ4n) is 3.74. The number of aryl methyl sites for hydroxylation is 2. The monoisotopic (exact) mass is 423 g/mol. The number of aromatic amines is 2. The number of H-pyrrole nitrogens is 2. The van der Waals surface area contributed by atoms with E-state index < -0.39 is 0 Å². The highest BCUT2D eigenvalue weighted by molar-refractivity contribution is 7.15. The van der Waals surface area contributed by atoms with Crippen LogP contribution >= 0.6 is 11.3 Å². The fraction of sp³-hybridized carbons (Fsp3) is 0.0870.